The number of benzene rings is 3. The van der Waals surface area contributed by atoms with Gasteiger partial charge in [-0.2, -0.15) is 8.42 Å². The van der Waals surface area contributed by atoms with E-state index < -0.39 is 33.7 Å². The maximum absolute atomic E-state index is 12.7. The van der Waals surface area contributed by atoms with Gasteiger partial charge in [-0.25, -0.2) is 0 Å². The number of imide groups is 1. The first kappa shape index (κ1) is 24.2. The molecule has 8 nitrogen and oxygen atoms in total. The molecule has 1 heterocycles. The largest absolute Gasteiger partial charge is 0.379 e. The number of anilines is 1. The number of thioether (sulfide) groups is 1. The first-order valence-corrected chi connectivity index (χ1v) is 12.7. The van der Waals surface area contributed by atoms with Gasteiger partial charge in [0, 0.05) is 5.69 Å². The molecule has 35 heavy (non-hydrogen) atoms. The zero-order valence-electron chi connectivity index (χ0n) is 18.5. The Bertz CT molecular complexity index is 1420. The summed E-state index contributed by atoms with van der Waals surface area (Å²) in [6, 6.07) is 21.1. The van der Waals surface area contributed by atoms with E-state index in [1.54, 1.807) is 54.6 Å². The van der Waals surface area contributed by atoms with Crippen LogP contribution in [-0.4, -0.2) is 36.9 Å². The van der Waals surface area contributed by atoms with Crippen molar-refractivity contribution in [3.05, 3.63) is 94.9 Å². The highest BCUT2D eigenvalue weighted by atomic mass is 32.2. The molecule has 0 unspecified atom stereocenters. The smallest absolute Gasteiger partial charge is 0.339 e. The molecule has 0 radical (unpaired) electrons. The number of hydrogen-bond acceptors (Lipinski definition) is 7. The highest BCUT2D eigenvalue weighted by Crippen LogP contribution is 2.33. The lowest BCUT2D eigenvalue weighted by Gasteiger charge is -2.12. The summed E-state index contributed by atoms with van der Waals surface area (Å²) in [6.45, 7) is 1.42. The maximum atomic E-state index is 12.7. The highest BCUT2D eigenvalue weighted by molar-refractivity contribution is 8.18. The van der Waals surface area contributed by atoms with Crippen LogP contribution >= 0.6 is 11.8 Å². The van der Waals surface area contributed by atoms with Gasteiger partial charge in [0.25, 0.3) is 11.1 Å². The van der Waals surface area contributed by atoms with Crippen LogP contribution < -0.4 is 9.50 Å². The standard InChI is InChI=1S/C25H20N2O6S2/c1-17-10-12-21(13-11-17)35(31,32)33-20-9-5-6-18(14-20)15-22-24(29)27(25(30)34-22)16-23(28)26-19-7-3-2-4-8-19/h2-15H,16H2,1H3,(H,26,28)/b22-15-. The van der Waals surface area contributed by atoms with Crippen molar-refractivity contribution in [2.24, 2.45) is 0 Å². The fourth-order valence-corrected chi connectivity index (χ4v) is 4.95. The van der Waals surface area contributed by atoms with Crippen molar-refractivity contribution in [2.45, 2.75) is 11.8 Å². The van der Waals surface area contributed by atoms with Gasteiger partial charge in [0.1, 0.15) is 17.2 Å². The number of amides is 3. The molecule has 0 spiro atoms. The second-order valence-electron chi connectivity index (χ2n) is 7.61. The van der Waals surface area contributed by atoms with Crippen LogP contribution in [0.4, 0.5) is 10.5 Å². The zero-order valence-corrected chi connectivity index (χ0v) is 20.1. The molecular formula is C25H20N2O6S2. The molecule has 1 aliphatic heterocycles. The van der Waals surface area contributed by atoms with Crippen molar-refractivity contribution in [3.8, 4) is 5.75 Å². The predicted molar refractivity (Wildman–Crippen MR) is 133 cm³/mol. The lowest BCUT2D eigenvalue weighted by molar-refractivity contribution is -0.127. The molecule has 0 bridgehead atoms. The Labute approximate surface area is 206 Å². The van der Waals surface area contributed by atoms with E-state index in [0.717, 1.165) is 10.5 Å². The number of aryl methyl sites for hydroxylation is 1. The average Bonchev–Trinajstić information content (AvgIpc) is 3.07. The maximum Gasteiger partial charge on any atom is 0.339 e. The van der Waals surface area contributed by atoms with E-state index in [1.807, 2.05) is 6.92 Å². The van der Waals surface area contributed by atoms with Crippen LogP contribution in [0.25, 0.3) is 6.08 Å². The molecule has 3 aromatic carbocycles. The number of carbonyl (C=O) groups is 3. The molecule has 178 valence electrons. The molecule has 3 amide bonds. The van der Waals surface area contributed by atoms with Gasteiger partial charge >= 0.3 is 10.1 Å². The molecule has 0 aromatic heterocycles. The van der Waals surface area contributed by atoms with E-state index >= 15 is 0 Å². The molecule has 3 aromatic rings. The summed E-state index contributed by atoms with van der Waals surface area (Å²) >= 11 is 0.702. The number of carbonyl (C=O) groups excluding carboxylic acids is 3. The normalized spacial score (nSPS) is 14.9. The third kappa shape index (κ3) is 5.97. The third-order valence-electron chi connectivity index (χ3n) is 4.90. The van der Waals surface area contributed by atoms with Gasteiger partial charge in [-0.1, -0.05) is 48.0 Å². The molecule has 10 heteroatoms. The number of rotatable bonds is 7. The van der Waals surface area contributed by atoms with E-state index in [4.69, 9.17) is 4.18 Å². The first-order valence-electron chi connectivity index (χ1n) is 10.4. The SMILES string of the molecule is Cc1ccc(S(=O)(=O)Oc2cccc(/C=C3\SC(=O)N(CC(=O)Nc4ccccc4)C3=O)c2)cc1. The van der Waals surface area contributed by atoms with Crippen molar-refractivity contribution >= 4 is 50.7 Å². The molecule has 0 saturated carbocycles. The number of nitrogens with one attached hydrogen (secondary N) is 1. The molecular weight excluding hydrogens is 488 g/mol. The monoisotopic (exact) mass is 508 g/mol. The van der Waals surface area contributed by atoms with Gasteiger partial charge in [0.05, 0.1) is 4.91 Å². The quantitative estimate of drug-likeness (QED) is 0.371. The lowest BCUT2D eigenvalue weighted by Crippen LogP contribution is -2.36. The van der Waals surface area contributed by atoms with Crippen LogP contribution in [0.15, 0.2) is 88.7 Å². The van der Waals surface area contributed by atoms with E-state index in [2.05, 4.69) is 5.32 Å². The predicted octanol–water partition coefficient (Wildman–Crippen LogP) is 4.44. The van der Waals surface area contributed by atoms with Gasteiger partial charge in [-0.05, 0) is 66.7 Å². The lowest BCUT2D eigenvalue weighted by atomic mass is 10.2. The Morgan fingerprint density at radius 1 is 1.00 bits per heavy atom. The van der Waals surface area contributed by atoms with Crippen LogP contribution in [0.5, 0.6) is 5.75 Å². The van der Waals surface area contributed by atoms with E-state index in [9.17, 15) is 22.8 Å². The summed E-state index contributed by atoms with van der Waals surface area (Å²) in [7, 11) is -4.04. The van der Waals surface area contributed by atoms with Gasteiger partial charge < -0.3 is 9.50 Å². The number of para-hydroxylation sites is 1. The Balaban J connectivity index is 1.46. The minimum atomic E-state index is -4.04. The van der Waals surface area contributed by atoms with Crippen LogP contribution in [0, 0.1) is 6.92 Å². The van der Waals surface area contributed by atoms with Crippen molar-refractivity contribution < 1.29 is 27.0 Å². The van der Waals surface area contributed by atoms with E-state index in [-0.39, 0.29) is 15.6 Å². The van der Waals surface area contributed by atoms with Crippen molar-refractivity contribution in [2.75, 3.05) is 11.9 Å². The van der Waals surface area contributed by atoms with Crippen LogP contribution in [-0.2, 0) is 19.7 Å². The van der Waals surface area contributed by atoms with Gasteiger partial charge in [-0.3, -0.25) is 19.3 Å². The molecule has 1 fully saturated rings. The van der Waals surface area contributed by atoms with Crippen LogP contribution in [0.1, 0.15) is 11.1 Å². The van der Waals surface area contributed by atoms with E-state index in [0.29, 0.717) is 23.0 Å². The molecule has 0 atom stereocenters. The fourth-order valence-electron chi connectivity index (χ4n) is 3.19. The van der Waals surface area contributed by atoms with Gasteiger partial charge in [-0.15, -0.1) is 0 Å². The summed E-state index contributed by atoms with van der Waals surface area (Å²) in [5, 5.41) is 2.06. The third-order valence-corrected chi connectivity index (χ3v) is 7.07. The topological polar surface area (TPSA) is 110 Å². The Morgan fingerprint density at radius 2 is 1.71 bits per heavy atom. The fraction of sp³-hybridized carbons (Fsp3) is 0.0800. The molecule has 4 rings (SSSR count). The highest BCUT2D eigenvalue weighted by Gasteiger charge is 2.36. The second kappa shape index (κ2) is 10.2. The summed E-state index contributed by atoms with van der Waals surface area (Å²) < 4.78 is 30.3. The van der Waals surface area contributed by atoms with Gasteiger partial charge in [0.2, 0.25) is 5.91 Å². The Kier molecular flexibility index (Phi) is 7.04. The number of nitrogens with zero attached hydrogens (tertiary/aromatic N) is 1. The summed E-state index contributed by atoms with van der Waals surface area (Å²) in [6.07, 6.45) is 1.45. The van der Waals surface area contributed by atoms with Crippen LogP contribution in [0.3, 0.4) is 0 Å². The second-order valence-corrected chi connectivity index (χ2v) is 10.1. The zero-order chi connectivity index (χ0) is 25.0. The molecule has 1 N–H and O–H groups in total. The molecule has 1 saturated heterocycles. The average molecular weight is 509 g/mol. The Morgan fingerprint density at radius 3 is 2.43 bits per heavy atom. The minimum absolute atomic E-state index is 0.0170. The van der Waals surface area contributed by atoms with Crippen molar-refractivity contribution in [3.63, 3.8) is 0 Å². The molecule has 1 aliphatic rings. The molecule has 0 aliphatic carbocycles. The van der Waals surface area contributed by atoms with Crippen molar-refractivity contribution in [1.82, 2.24) is 4.90 Å². The van der Waals surface area contributed by atoms with Crippen LogP contribution in [0.2, 0.25) is 0 Å². The number of hydrogen-bond donors (Lipinski definition) is 1. The van der Waals surface area contributed by atoms with Crippen molar-refractivity contribution in [1.29, 1.82) is 0 Å². The summed E-state index contributed by atoms with van der Waals surface area (Å²) in [4.78, 5) is 38.4. The Hall–Kier alpha value is -3.89. The minimum Gasteiger partial charge on any atom is -0.379 e. The first-order chi connectivity index (χ1) is 16.7. The van der Waals surface area contributed by atoms with E-state index in [1.165, 1.54) is 30.3 Å². The summed E-state index contributed by atoms with van der Waals surface area (Å²) in [5.74, 6) is -1.06. The van der Waals surface area contributed by atoms with Gasteiger partial charge in [0.15, 0.2) is 0 Å². The summed E-state index contributed by atoms with van der Waals surface area (Å²) in [5.41, 5.74) is 1.93.